The van der Waals surface area contributed by atoms with E-state index in [0.717, 1.165) is 22.7 Å². The fourth-order valence-electron chi connectivity index (χ4n) is 2.39. The summed E-state index contributed by atoms with van der Waals surface area (Å²) >= 11 is 7.44. The van der Waals surface area contributed by atoms with Gasteiger partial charge in [0.15, 0.2) is 0 Å². The van der Waals surface area contributed by atoms with Gasteiger partial charge in [0.2, 0.25) is 0 Å². The van der Waals surface area contributed by atoms with Crippen LogP contribution in [0.15, 0.2) is 100 Å². The van der Waals surface area contributed by atoms with Crippen molar-refractivity contribution in [2.45, 2.75) is 11.1 Å². The van der Waals surface area contributed by atoms with Crippen molar-refractivity contribution >= 4 is 34.8 Å². The van der Waals surface area contributed by atoms with Crippen LogP contribution in [-0.4, -0.2) is 5.71 Å². The van der Waals surface area contributed by atoms with Crippen molar-refractivity contribution in [2.75, 3.05) is 0 Å². The van der Waals surface area contributed by atoms with Crippen LogP contribution < -0.4 is 0 Å². The van der Waals surface area contributed by atoms with Crippen LogP contribution in [-0.2, 0) is 6.18 Å². The molecule has 0 saturated heterocycles. The van der Waals surface area contributed by atoms with E-state index in [1.165, 1.54) is 23.9 Å². The summed E-state index contributed by atoms with van der Waals surface area (Å²) in [6.45, 7) is 0. The largest absolute Gasteiger partial charge is 0.416 e. The predicted molar refractivity (Wildman–Crippen MR) is 111 cm³/mol. The van der Waals surface area contributed by atoms with Gasteiger partial charge >= 0.3 is 6.18 Å². The van der Waals surface area contributed by atoms with Crippen molar-refractivity contribution in [3.8, 4) is 0 Å². The molecule has 0 spiro atoms. The number of allylic oxidation sites excluding steroid dienone is 1. The van der Waals surface area contributed by atoms with Crippen molar-refractivity contribution in [3.63, 3.8) is 0 Å². The van der Waals surface area contributed by atoms with Gasteiger partial charge in [0.05, 0.1) is 17.0 Å². The van der Waals surface area contributed by atoms with Gasteiger partial charge < -0.3 is 0 Å². The minimum atomic E-state index is -4.37. The van der Waals surface area contributed by atoms with Crippen LogP contribution in [0.4, 0.5) is 18.9 Å². The first-order valence-electron chi connectivity index (χ1n) is 8.32. The van der Waals surface area contributed by atoms with E-state index >= 15 is 0 Å². The lowest BCUT2D eigenvalue weighted by Crippen LogP contribution is -2.05. The molecular weight excluding hydrogens is 403 g/mol. The van der Waals surface area contributed by atoms with Gasteiger partial charge in [-0.15, -0.1) is 0 Å². The Bertz CT molecular complexity index is 981. The Kier molecular flexibility index (Phi) is 6.60. The van der Waals surface area contributed by atoms with Crippen LogP contribution in [0.25, 0.3) is 0 Å². The first-order chi connectivity index (χ1) is 13.4. The Balaban J connectivity index is 1.89. The molecule has 0 fully saturated rings. The number of nitrogens with zero attached hydrogens (tertiary/aromatic N) is 1. The van der Waals surface area contributed by atoms with Gasteiger partial charge in [-0.05, 0) is 53.9 Å². The van der Waals surface area contributed by atoms with E-state index in [1.807, 2.05) is 53.9 Å². The summed E-state index contributed by atoms with van der Waals surface area (Å²) in [5.74, 6) is 0. The standard InChI is InChI=1S/C22H15ClF3NS/c23-18-5-4-8-20(15-18)28-14-13-21(27-19-6-2-1-3-7-19)16-9-11-17(12-10-16)22(24,25)26/h1-15H. The highest BCUT2D eigenvalue weighted by Gasteiger charge is 2.30. The van der Waals surface area contributed by atoms with Crippen molar-refractivity contribution in [3.05, 3.63) is 106 Å². The molecule has 0 radical (unpaired) electrons. The third-order valence-electron chi connectivity index (χ3n) is 3.74. The van der Waals surface area contributed by atoms with Crippen LogP contribution in [0.5, 0.6) is 0 Å². The number of hydrogen-bond acceptors (Lipinski definition) is 2. The van der Waals surface area contributed by atoms with Crippen LogP contribution in [0.2, 0.25) is 5.02 Å². The highest BCUT2D eigenvalue weighted by molar-refractivity contribution is 8.02. The maximum Gasteiger partial charge on any atom is 0.416 e. The average molecular weight is 418 g/mol. The first kappa shape index (κ1) is 20.2. The molecule has 0 aliphatic carbocycles. The van der Waals surface area contributed by atoms with Gasteiger partial charge in [-0.25, -0.2) is 4.99 Å². The van der Waals surface area contributed by atoms with Crippen molar-refractivity contribution < 1.29 is 13.2 Å². The fourth-order valence-corrected chi connectivity index (χ4v) is 3.35. The Labute approximate surface area is 170 Å². The molecule has 3 aromatic rings. The zero-order valence-corrected chi connectivity index (χ0v) is 16.1. The normalized spacial score (nSPS) is 12.5. The number of halogens is 4. The molecule has 0 amide bonds. The Hall–Kier alpha value is -2.50. The fraction of sp³-hybridized carbons (Fsp3) is 0.0455. The summed E-state index contributed by atoms with van der Waals surface area (Å²) in [5, 5.41) is 2.48. The molecule has 0 unspecified atom stereocenters. The molecule has 0 saturated carbocycles. The highest BCUT2D eigenvalue weighted by Crippen LogP contribution is 2.29. The molecule has 3 aromatic carbocycles. The number of hydrogen-bond donors (Lipinski definition) is 0. The number of rotatable bonds is 5. The summed E-state index contributed by atoms with van der Waals surface area (Å²) in [6, 6.07) is 21.6. The smallest absolute Gasteiger partial charge is 0.248 e. The number of para-hydroxylation sites is 1. The maximum atomic E-state index is 12.8. The van der Waals surface area contributed by atoms with Gasteiger partial charge in [-0.1, -0.05) is 59.8 Å². The van der Waals surface area contributed by atoms with Crippen LogP contribution in [0.3, 0.4) is 0 Å². The van der Waals surface area contributed by atoms with Gasteiger partial charge in [-0.2, -0.15) is 13.2 Å². The second-order valence-electron chi connectivity index (χ2n) is 5.79. The van der Waals surface area contributed by atoms with Gasteiger partial charge in [0, 0.05) is 15.5 Å². The van der Waals surface area contributed by atoms with E-state index < -0.39 is 11.7 Å². The van der Waals surface area contributed by atoms with Crippen molar-refractivity contribution in [2.24, 2.45) is 4.99 Å². The van der Waals surface area contributed by atoms with Crippen LogP contribution in [0, 0.1) is 0 Å². The molecule has 0 bridgehead atoms. The molecule has 0 atom stereocenters. The summed E-state index contributed by atoms with van der Waals surface area (Å²) < 4.78 is 38.5. The lowest BCUT2D eigenvalue weighted by Gasteiger charge is -2.08. The van der Waals surface area contributed by atoms with E-state index in [-0.39, 0.29) is 0 Å². The summed E-state index contributed by atoms with van der Waals surface area (Å²) in [6.07, 6.45) is -2.59. The van der Waals surface area contributed by atoms with Crippen LogP contribution in [0.1, 0.15) is 11.1 Å². The molecular formula is C22H15ClF3NS. The van der Waals surface area contributed by atoms with Gasteiger partial charge in [0.25, 0.3) is 0 Å². The summed E-state index contributed by atoms with van der Waals surface area (Å²) in [5.41, 5.74) is 1.19. The molecule has 3 rings (SSSR count). The van der Waals surface area contributed by atoms with E-state index in [4.69, 9.17) is 11.6 Å². The maximum absolute atomic E-state index is 12.8. The Morgan fingerprint density at radius 3 is 2.25 bits per heavy atom. The summed E-state index contributed by atoms with van der Waals surface area (Å²) in [4.78, 5) is 5.53. The number of benzene rings is 3. The van der Waals surface area contributed by atoms with Crippen molar-refractivity contribution in [1.82, 2.24) is 0 Å². The van der Waals surface area contributed by atoms with E-state index in [0.29, 0.717) is 16.3 Å². The molecule has 0 aliphatic heterocycles. The predicted octanol–water partition coefficient (Wildman–Crippen LogP) is 7.79. The first-order valence-corrected chi connectivity index (χ1v) is 9.58. The molecule has 142 valence electrons. The summed E-state index contributed by atoms with van der Waals surface area (Å²) in [7, 11) is 0. The second-order valence-corrected chi connectivity index (χ2v) is 7.20. The molecule has 0 N–H and O–H groups in total. The van der Waals surface area contributed by atoms with Crippen molar-refractivity contribution in [1.29, 1.82) is 0 Å². The van der Waals surface area contributed by atoms with Crippen LogP contribution >= 0.6 is 23.4 Å². The number of thioether (sulfide) groups is 1. The zero-order chi connectivity index (χ0) is 20.0. The lowest BCUT2D eigenvalue weighted by molar-refractivity contribution is -0.137. The number of aliphatic imine (C=N–C) groups is 1. The molecule has 6 heteroatoms. The third kappa shape index (κ3) is 5.75. The third-order valence-corrected chi connectivity index (χ3v) is 4.77. The number of alkyl halides is 3. The van der Waals surface area contributed by atoms with E-state index in [1.54, 1.807) is 12.1 Å². The second kappa shape index (κ2) is 9.13. The average Bonchev–Trinajstić information content (AvgIpc) is 2.67. The monoisotopic (exact) mass is 417 g/mol. The molecule has 1 nitrogen and oxygen atoms in total. The molecule has 28 heavy (non-hydrogen) atoms. The Morgan fingerprint density at radius 2 is 1.61 bits per heavy atom. The minimum absolute atomic E-state index is 0.564. The molecule has 0 heterocycles. The van der Waals surface area contributed by atoms with Gasteiger partial charge in [-0.3, -0.25) is 0 Å². The topological polar surface area (TPSA) is 12.4 Å². The molecule has 0 aliphatic rings. The lowest BCUT2D eigenvalue weighted by atomic mass is 10.1. The van der Waals surface area contributed by atoms with E-state index in [9.17, 15) is 13.2 Å². The Morgan fingerprint density at radius 1 is 0.893 bits per heavy atom. The highest BCUT2D eigenvalue weighted by atomic mass is 35.5. The van der Waals surface area contributed by atoms with E-state index in [2.05, 4.69) is 4.99 Å². The molecule has 0 aromatic heterocycles. The minimum Gasteiger partial charge on any atom is -0.248 e. The SMILES string of the molecule is FC(F)(F)c1ccc(C(C=CSc2cccc(Cl)c2)=Nc2ccccc2)cc1. The van der Waals surface area contributed by atoms with Gasteiger partial charge in [0.1, 0.15) is 0 Å². The quantitative estimate of drug-likeness (QED) is 0.305. The zero-order valence-electron chi connectivity index (χ0n) is 14.5.